The number of benzene rings is 2. The van der Waals surface area contributed by atoms with Crippen molar-refractivity contribution in [1.29, 1.82) is 0 Å². The Balaban J connectivity index is 2.25. The number of ether oxygens (including phenoxy) is 1. The summed E-state index contributed by atoms with van der Waals surface area (Å²) in [6, 6.07) is 7.67. The zero-order valence-corrected chi connectivity index (χ0v) is 12.0. The van der Waals surface area contributed by atoms with Gasteiger partial charge in [0.05, 0.1) is 23.7 Å². The number of halogens is 2. The van der Waals surface area contributed by atoms with Crippen LogP contribution in [0, 0.1) is 5.82 Å². The first-order valence-corrected chi connectivity index (χ1v) is 6.60. The van der Waals surface area contributed by atoms with E-state index in [2.05, 4.69) is 25.9 Å². The molecule has 0 amide bonds. The smallest absolute Gasteiger partial charge is 0.169 e. The molecule has 0 spiro atoms. The second kappa shape index (κ2) is 4.79. The standard InChI is InChI=1S/C14H10BrFN2O2/c1-20-11-5-3-8(15)12(13(11)19)14-17-9-4-2-7(16)6-10(9)18-14/h2-6,19H,1H3,(H,17,18). The van der Waals surface area contributed by atoms with Crippen molar-refractivity contribution in [2.75, 3.05) is 7.11 Å². The van der Waals surface area contributed by atoms with Crippen LogP contribution >= 0.6 is 15.9 Å². The Morgan fingerprint density at radius 2 is 2.10 bits per heavy atom. The molecule has 20 heavy (non-hydrogen) atoms. The highest BCUT2D eigenvalue weighted by Crippen LogP contribution is 2.41. The lowest BCUT2D eigenvalue weighted by Gasteiger charge is -2.08. The van der Waals surface area contributed by atoms with Gasteiger partial charge in [0.1, 0.15) is 11.6 Å². The minimum atomic E-state index is -0.346. The average Bonchev–Trinajstić information content (AvgIpc) is 2.81. The zero-order valence-electron chi connectivity index (χ0n) is 10.4. The van der Waals surface area contributed by atoms with Crippen LogP contribution in [0.1, 0.15) is 0 Å². The number of nitrogens with one attached hydrogen (secondary N) is 1. The molecule has 4 nitrogen and oxygen atoms in total. The number of phenols is 1. The first kappa shape index (κ1) is 12.9. The van der Waals surface area contributed by atoms with E-state index in [1.165, 1.54) is 19.2 Å². The van der Waals surface area contributed by atoms with Gasteiger partial charge in [0, 0.05) is 4.47 Å². The van der Waals surface area contributed by atoms with Gasteiger partial charge in [-0.05, 0) is 46.3 Å². The van der Waals surface area contributed by atoms with Crippen molar-refractivity contribution in [2.45, 2.75) is 0 Å². The van der Waals surface area contributed by atoms with Crippen LogP contribution in [0.25, 0.3) is 22.4 Å². The van der Waals surface area contributed by atoms with E-state index in [0.29, 0.717) is 32.6 Å². The number of aromatic amines is 1. The third kappa shape index (κ3) is 2.02. The molecule has 102 valence electrons. The fourth-order valence-electron chi connectivity index (χ4n) is 2.04. The number of aromatic nitrogens is 2. The summed E-state index contributed by atoms with van der Waals surface area (Å²) in [7, 11) is 1.47. The second-order valence-electron chi connectivity index (χ2n) is 4.22. The Hall–Kier alpha value is -2.08. The number of hydrogen-bond acceptors (Lipinski definition) is 3. The third-order valence-corrected chi connectivity index (χ3v) is 3.65. The Labute approximate surface area is 122 Å². The number of aromatic hydroxyl groups is 1. The van der Waals surface area contributed by atoms with Crippen molar-refractivity contribution in [3.05, 3.63) is 40.6 Å². The topological polar surface area (TPSA) is 58.1 Å². The Morgan fingerprint density at radius 1 is 1.30 bits per heavy atom. The van der Waals surface area contributed by atoms with Gasteiger partial charge >= 0.3 is 0 Å². The van der Waals surface area contributed by atoms with Crippen LogP contribution in [0.3, 0.4) is 0 Å². The van der Waals surface area contributed by atoms with Crippen LogP contribution < -0.4 is 4.74 Å². The predicted octanol–water partition coefficient (Wildman–Crippen LogP) is 3.85. The molecule has 1 aromatic heterocycles. The summed E-state index contributed by atoms with van der Waals surface area (Å²) in [5.74, 6) is 0.409. The molecule has 2 N–H and O–H groups in total. The fraction of sp³-hybridized carbons (Fsp3) is 0.0714. The lowest BCUT2D eigenvalue weighted by Crippen LogP contribution is -1.89. The maximum atomic E-state index is 13.2. The van der Waals surface area contributed by atoms with Crippen LogP contribution in [0.15, 0.2) is 34.8 Å². The number of fused-ring (bicyclic) bond motifs is 1. The zero-order chi connectivity index (χ0) is 14.3. The number of nitrogens with zero attached hydrogens (tertiary/aromatic N) is 1. The quantitative estimate of drug-likeness (QED) is 0.747. The highest BCUT2D eigenvalue weighted by atomic mass is 79.9. The second-order valence-corrected chi connectivity index (χ2v) is 5.07. The van der Waals surface area contributed by atoms with Gasteiger partial charge in [-0.25, -0.2) is 9.37 Å². The molecule has 0 radical (unpaired) electrons. The molecule has 2 aromatic carbocycles. The number of methoxy groups -OCH3 is 1. The molecule has 3 rings (SSSR count). The Bertz CT molecular complexity index is 801. The van der Waals surface area contributed by atoms with E-state index in [4.69, 9.17) is 4.74 Å². The van der Waals surface area contributed by atoms with Gasteiger partial charge in [-0.15, -0.1) is 0 Å². The van der Waals surface area contributed by atoms with E-state index in [1.54, 1.807) is 18.2 Å². The molecule has 0 saturated heterocycles. The summed E-state index contributed by atoms with van der Waals surface area (Å²) in [4.78, 5) is 7.34. The maximum Gasteiger partial charge on any atom is 0.169 e. The van der Waals surface area contributed by atoms with Crippen molar-refractivity contribution in [3.63, 3.8) is 0 Å². The lowest BCUT2D eigenvalue weighted by molar-refractivity contribution is 0.374. The summed E-state index contributed by atoms with van der Waals surface area (Å²) in [6.45, 7) is 0. The van der Waals surface area contributed by atoms with Gasteiger partial charge < -0.3 is 14.8 Å². The summed E-state index contributed by atoms with van der Waals surface area (Å²) in [5.41, 5.74) is 1.66. The summed E-state index contributed by atoms with van der Waals surface area (Å²) in [5, 5.41) is 10.2. The van der Waals surface area contributed by atoms with Crippen molar-refractivity contribution in [3.8, 4) is 22.9 Å². The number of imidazole rings is 1. The average molecular weight is 337 g/mol. The highest BCUT2D eigenvalue weighted by molar-refractivity contribution is 9.10. The van der Waals surface area contributed by atoms with E-state index in [1.807, 2.05) is 0 Å². The molecule has 0 unspecified atom stereocenters. The molecule has 1 heterocycles. The number of hydrogen-bond donors (Lipinski definition) is 2. The Kier molecular flexibility index (Phi) is 3.10. The van der Waals surface area contributed by atoms with Gasteiger partial charge in [-0.1, -0.05) is 0 Å². The summed E-state index contributed by atoms with van der Waals surface area (Å²) >= 11 is 3.37. The first-order valence-electron chi connectivity index (χ1n) is 5.81. The molecule has 3 aromatic rings. The van der Waals surface area contributed by atoms with Gasteiger partial charge in [0.25, 0.3) is 0 Å². The SMILES string of the molecule is COc1ccc(Br)c(-c2nc3ccc(F)cc3[nH]2)c1O. The van der Waals surface area contributed by atoms with Crippen molar-refractivity contribution in [2.24, 2.45) is 0 Å². The van der Waals surface area contributed by atoms with Gasteiger partial charge in [0.2, 0.25) is 0 Å². The molecule has 0 aliphatic rings. The van der Waals surface area contributed by atoms with Gasteiger partial charge in [0.15, 0.2) is 11.5 Å². The predicted molar refractivity (Wildman–Crippen MR) is 77.4 cm³/mol. The molecule has 6 heteroatoms. The van der Waals surface area contributed by atoms with Crippen molar-refractivity contribution < 1.29 is 14.2 Å². The molecular weight excluding hydrogens is 327 g/mol. The highest BCUT2D eigenvalue weighted by Gasteiger charge is 2.17. The maximum absolute atomic E-state index is 13.2. The first-order chi connectivity index (χ1) is 9.60. The molecule has 0 aliphatic heterocycles. The minimum Gasteiger partial charge on any atom is -0.504 e. The fourth-order valence-corrected chi connectivity index (χ4v) is 2.55. The molecule has 0 fully saturated rings. The van der Waals surface area contributed by atoms with Crippen LogP contribution in [0.4, 0.5) is 4.39 Å². The summed E-state index contributed by atoms with van der Waals surface area (Å²) in [6.07, 6.45) is 0. The van der Waals surface area contributed by atoms with E-state index in [-0.39, 0.29) is 11.6 Å². The molecule has 0 atom stereocenters. The Morgan fingerprint density at radius 3 is 2.85 bits per heavy atom. The van der Waals surface area contributed by atoms with E-state index >= 15 is 0 Å². The number of phenolic OH excluding ortho intramolecular Hbond substituents is 1. The van der Waals surface area contributed by atoms with Crippen molar-refractivity contribution in [1.82, 2.24) is 9.97 Å². The normalized spacial score (nSPS) is 10.9. The largest absolute Gasteiger partial charge is 0.504 e. The van der Waals surface area contributed by atoms with Gasteiger partial charge in [-0.2, -0.15) is 0 Å². The number of rotatable bonds is 2. The minimum absolute atomic E-state index is 0.0265. The van der Waals surface area contributed by atoms with Crippen LogP contribution in [-0.4, -0.2) is 22.2 Å². The van der Waals surface area contributed by atoms with Crippen LogP contribution in [0.2, 0.25) is 0 Å². The monoisotopic (exact) mass is 336 g/mol. The van der Waals surface area contributed by atoms with E-state index < -0.39 is 0 Å². The third-order valence-electron chi connectivity index (χ3n) is 2.99. The van der Waals surface area contributed by atoms with Gasteiger partial charge in [-0.3, -0.25) is 0 Å². The van der Waals surface area contributed by atoms with Crippen LogP contribution in [-0.2, 0) is 0 Å². The molecule has 0 saturated carbocycles. The summed E-state index contributed by atoms with van der Waals surface area (Å²) < 4.78 is 18.9. The van der Waals surface area contributed by atoms with E-state index in [0.717, 1.165) is 0 Å². The number of H-pyrrole nitrogens is 1. The molecule has 0 bridgehead atoms. The van der Waals surface area contributed by atoms with Crippen molar-refractivity contribution >= 4 is 27.0 Å². The van der Waals surface area contributed by atoms with E-state index in [9.17, 15) is 9.50 Å². The van der Waals surface area contributed by atoms with Crippen LogP contribution in [0.5, 0.6) is 11.5 Å². The molecule has 0 aliphatic carbocycles. The lowest BCUT2D eigenvalue weighted by atomic mass is 10.2. The molecular formula is C14H10BrFN2O2.